The van der Waals surface area contributed by atoms with Gasteiger partial charge in [0.1, 0.15) is 17.2 Å². The van der Waals surface area contributed by atoms with Gasteiger partial charge in [0.05, 0.1) is 0 Å². The number of nitrogens with one attached hydrogen (secondary N) is 2. The third-order valence-electron chi connectivity index (χ3n) is 3.02. The van der Waals surface area contributed by atoms with E-state index in [4.69, 9.17) is 4.42 Å². The van der Waals surface area contributed by atoms with E-state index in [1.54, 1.807) is 6.07 Å². The van der Waals surface area contributed by atoms with Crippen LogP contribution < -0.4 is 10.6 Å². The summed E-state index contributed by atoms with van der Waals surface area (Å²) in [4.78, 5) is 22.5. The molecule has 1 aromatic carbocycles. The van der Waals surface area contributed by atoms with Crippen LogP contribution in [-0.4, -0.2) is 11.9 Å². The van der Waals surface area contributed by atoms with E-state index < -0.39 is 11.9 Å². The SMILES string of the molecule is Cc1ccc(-c2ccc(/C=C3/NC(=O)NC3=O)o2)c(Br)c1. The molecule has 21 heavy (non-hydrogen) atoms. The van der Waals surface area contributed by atoms with Crippen molar-refractivity contribution in [1.82, 2.24) is 10.6 Å². The van der Waals surface area contributed by atoms with Crippen LogP contribution in [0.5, 0.6) is 0 Å². The molecule has 0 radical (unpaired) electrons. The zero-order valence-electron chi connectivity index (χ0n) is 11.1. The van der Waals surface area contributed by atoms with E-state index in [2.05, 4.69) is 26.6 Å². The molecule has 1 fully saturated rings. The highest BCUT2D eigenvalue weighted by Gasteiger charge is 2.23. The number of benzene rings is 1. The summed E-state index contributed by atoms with van der Waals surface area (Å²) in [5.41, 5.74) is 2.24. The summed E-state index contributed by atoms with van der Waals surface area (Å²) in [5.74, 6) is 0.706. The average Bonchev–Trinajstić information content (AvgIpc) is 2.97. The number of hydrogen-bond acceptors (Lipinski definition) is 3. The first kappa shape index (κ1) is 13.6. The number of urea groups is 1. The molecule has 3 amide bonds. The van der Waals surface area contributed by atoms with Crippen LogP contribution in [0, 0.1) is 6.92 Å². The van der Waals surface area contributed by atoms with E-state index in [9.17, 15) is 9.59 Å². The number of furan rings is 1. The van der Waals surface area contributed by atoms with Gasteiger partial charge in [0.25, 0.3) is 5.91 Å². The predicted octanol–water partition coefficient (Wildman–Crippen LogP) is 3.20. The number of hydrogen-bond donors (Lipinski definition) is 2. The summed E-state index contributed by atoms with van der Waals surface area (Å²) in [6.45, 7) is 2.01. The Bertz CT molecular complexity index is 777. The molecule has 1 aliphatic rings. The van der Waals surface area contributed by atoms with Crippen molar-refractivity contribution in [2.24, 2.45) is 0 Å². The van der Waals surface area contributed by atoms with Gasteiger partial charge in [-0.15, -0.1) is 0 Å². The molecule has 3 rings (SSSR count). The molecular formula is C15H11BrN2O3. The standard InChI is InChI=1S/C15H11BrN2O3/c1-8-2-4-10(11(16)6-8)13-5-3-9(21-13)7-12-14(19)18-15(20)17-12/h2-7H,1H3,(H2,17,18,19,20)/b12-7+. The molecule has 0 aliphatic carbocycles. The molecule has 1 aromatic heterocycles. The van der Waals surface area contributed by atoms with Crippen molar-refractivity contribution in [2.45, 2.75) is 6.92 Å². The van der Waals surface area contributed by atoms with Crippen LogP contribution >= 0.6 is 15.9 Å². The fourth-order valence-corrected chi connectivity index (χ4v) is 2.71. The molecule has 6 heteroatoms. The zero-order chi connectivity index (χ0) is 15.0. The van der Waals surface area contributed by atoms with E-state index in [0.29, 0.717) is 11.5 Å². The van der Waals surface area contributed by atoms with Crippen molar-refractivity contribution < 1.29 is 14.0 Å². The highest BCUT2D eigenvalue weighted by Crippen LogP contribution is 2.31. The van der Waals surface area contributed by atoms with Gasteiger partial charge in [0.2, 0.25) is 0 Å². The second-order valence-electron chi connectivity index (χ2n) is 4.65. The van der Waals surface area contributed by atoms with Crippen molar-refractivity contribution in [2.75, 3.05) is 0 Å². The predicted molar refractivity (Wildman–Crippen MR) is 81.2 cm³/mol. The summed E-state index contributed by atoms with van der Waals surface area (Å²) in [6.07, 6.45) is 1.49. The zero-order valence-corrected chi connectivity index (χ0v) is 12.7. The van der Waals surface area contributed by atoms with Crippen LogP contribution in [0.1, 0.15) is 11.3 Å². The Morgan fingerprint density at radius 2 is 1.95 bits per heavy atom. The van der Waals surface area contributed by atoms with Gasteiger partial charge in [0, 0.05) is 16.1 Å². The maximum atomic E-state index is 11.4. The largest absolute Gasteiger partial charge is 0.457 e. The minimum Gasteiger partial charge on any atom is -0.457 e. The maximum Gasteiger partial charge on any atom is 0.326 e. The van der Waals surface area contributed by atoms with E-state index >= 15 is 0 Å². The van der Waals surface area contributed by atoms with Crippen LogP contribution in [0.4, 0.5) is 4.79 Å². The lowest BCUT2D eigenvalue weighted by atomic mass is 10.1. The molecule has 2 N–H and O–H groups in total. The van der Waals surface area contributed by atoms with E-state index in [-0.39, 0.29) is 5.70 Å². The average molecular weight is 347 g/mol. The Morgan fingerprint density at radius 3 is 2.62 bits per heavy atom. The topological polar surface area (TPSA) is 71.3 Å². The van der Waals surface area contributed by atoms with Crippen molar-refractivity contribution in [3.8, 4) is 11.3 Å². The molecular weight excluding hydrogens is 336 g/mol. The second-order valence-corrected chi connectivity index (χ2v) is 5.51. The lowest BCUT2D eigenvalue weighted by Crippen LogP contribution is -2.22. The summed E-state index contributed by atoms with van der Waals surface area (Å²) < 4.78 is 6.63. The molecule has 1 aliphatic heterocycles. The molecule has 106 valence electrons. The number of rotatable bonds is 2. The third-order valence-corrected chi connectivity index (χ3v) is 3.68. The third kappa shape index (κ3) is 2.75. The van der Waals surface area contributed by atoms with Gasteiger partial charge < -0.3 is 9.73 Å². The van der Waals surface area contributed by atoms with Crippen LogP contribution in [0.3, 0.4) is 0 Å². The van der Waals surface area contributed by atoms with Crippen LogP contribution in [-0.2, 0) is 4.79 Å². The van der Waals surface area contributed by atoms with Crippen molar-refractivity contribution >= 4 is 33.9 Å². The number of aryl methyl sites for hydroxylation is 1. The first-order valence-electron chi connectivity index (χ1n) is 6.23. The Balaban J connectivity index is 1.92. The lowest BCUT2D eigenvalue weighted by molar-refractivity contribution is -0.115. The monoisotopic (exact) mass is 346 g/mol. The first-order valence-corrected chi connectivity index (χ1v) is 7.02. The molecule has 0 atom stereocenters. The molecule has 1 saturated heterocycles. The quantitative estimate of drug-likeness (QED) is 0.647. The molecule has 0 spiro atoms. The van der Waals surface area contributed by atoms with Crippen LogP contribution in [0.15, 0.2) is 44.9 Å². The van der Waals surface area contributed by atoms with Gasteiger partial charge in [-0.1, -0.05) is 22.0 Å². The first-order chi connectivity index (χ1) is 10.0. The Kier molecular flexibility index (Phi) is 3.39. The number of amides is 3. The summed E-state index contributed by atoms with van der Waals surface area (Å²) >= 11 is 3.50. The van der Waals surface area contributed by atoms with E-state index in [0.717, 1.165) is 15.6 Å². The molecule has 2 heterocycles. The van der Waals surface area contributed by atoms with Crippen molar-refractivity contribution in [3.63, 3.8) is 0 Å². The van der Waals surface area contributed by atoms with Crippen molar-refractivity contribution in [1.29, 1.82) is 0 Å². The molecule has 2 aromatic rings. The number of carbonyl (C=O) groups excluding carboxylic acids is 2. The number of halogens is 1. The van der Waals surface area contributed by atoms with E-state index in [1.807, 2.05) is 31.2 Å². The minimum atomic E-state index is -0.528. The summed E-state index contributed by atoms with van der Waals surface area (Å²) in [5, 5.41) is 4.55. The van der Waals surface area contributed by atoms with Crippen LogP contribution in [0.2, 0.25) is 0 Å². The summed E-state index contributed by atoms with van der Waals surface area (Å²) in [6, 6.07) is 8.98. The number of carbonyl (C=O) groups is 2. The molecule has 0 bridgehead atoms. The van der Waals surface area contributed by atoms with Gasteiger partial charge in [0.15, 0.2) is 0 Å². The Hall–Kier alpha value is -2.34. The van der Waals surface area contributed by atoms with E-state index in [1.165, 1.54) is 6.08 Å². The second kappa shape index (κ2) is 5.21. The Morgan fingerprint density at radius 1 is 1.14 bits per heavy atom. The fraction of sp³-hybridized carbons (Fsp3) is 0.0667. The maximum absolute atomic E-state index is 11.4. The van der Waals surface area contributed by atoms with Gasteiger partial charge >= 0.3 is 6.03 Å². The minimum absolute atomic E-state index is 0.170. The fourth-order valence-electron chi connectivity index (χ4n) is 2.02. The molecule has 5 nitrogen and oxygen atoms in total. The Labute approximate surface area is 129 Å². The van der Waals surface area contributed by atoms with Gasteiger partial charge in [-0.25, -0.2) is 4.79 Å². The lowest BCUT2D eigenvalue weighted by Gasteiger charge is -2.02. The highest BCUT2D eigenvalue weighted by molar-refractivity contribution is 9.10. The highest BCUT2D eigenvalue weighted by atomic mass is 79.9. The smallest absolute Gasteiger partial charge is 0.326 e. The molecule has 0 unspecified atom stereocenters. The van der Waals surface area contributed by atoms with Gasteiger partial charge in [-0.05, 0) is 36.8 Å². The summed E-state index contributed by atoms with van der Waals surface area (Å²) in [7, 11) is 0. The van der Waals surface area contributed by atoms with Crippen molar-refractivity contribution in [3.05, 3.63) is 51.8 Å². The van der Waals surface area contributed by atoms with Gasteiger partial charge in [-0.3, -0.25) is 10.1 Å². The molecule has 0 saturated carbocycles. The normalized spacial score (nSPS) is 16.2. The van der Waals surface area contributed by atoms with Gasteiger partial charge in [-0.2, -0.15) is 0 Å². The van der Waals surface area contributed by atoms with Crippen LogP contribution in [0.25, 0.3) is 17.4 Å². The number of imide groups is 1.